The van der Waals surface area contributed by atoms with Crippen LogP contribution in [-0.2, 0) is 0 Å². The van der Waals surface area contributed by atoms with Crippen LogP contribution in [0.5, 0.6) is 5.88 Å². The summed E-state index contributed by atoms with van der Waals surface area (Å²) in [5.74, 6) is 1.65. The first kappa shape index (κ1) is 24.1. The fraction of sp³-hybridized carbons (Fsp3) is 0.583. The molecule has 188 valence electrons. The number of pyridine rings is 1. The fourth-order valence-electron chi connectivity index (χ4n) is 4.57. The summed E-state index contributed by atoms with van der Waals surface area (Å²) < 4.78 is 6.53. The number of hydrogen-bond acceptors (Lipinski definition) is 11. The Hall–Kier alpha value is -2.60. The molecule has 3 unspecified atom stereocenters. The fourth-order valence-corrected chi connectivity index (χ4v) is 5.71. The van der Waals surface area contributed by atoms with Crippen LogP contribution < -0.4 is 15.4 Å². The number of ether oxygens (including phenoxy) is 1. The first-order valence-corrected chi connectivity index (χ1v) is 13.0. The molecule has 3 heterocycles. The molecule has 3 aromatic rings. The van der Waals surface area contributed by atoms with Crippen LogP contribution in [0.15, 0.2) is 6.07 Å². The van der Waals surface area contributed by atoms with Crippen LogP contribution in [0.4, 0.5) is 11.8 Å². The summed E-state index contributed by atoms with van der Waals surface area (Å²) >= 11 is 1.47. The quantitative estimate of drug-likeness (QED) is 0.278. The molecule has 2 fully saturated rings. The highest BCUT2D eigenvalue weighted by atomic mass is 32.1. The Morgan fingerprint density at radius 3 is 2.63 bits per heavy atom. The van der Waals surface area contributed by atoms with E-state index in [-0.39, 0.29) is 13.0 Å². The molecule has 2 saturated carbocycles. The molecule has 2 aliphatic carbocycles. The number of nitrogens with zero attached hydrogens (tertiary/aromatic N) is 4. The lowest BCUT2D eigenvalue weighted by Crippen LogP contribution is -2.48. The van der Waals surface area contributed by atoms with Gasteiger partial charge in [-0.1, -0.05) is 0 Å². The van der Waals surface area contributed by atoms with Gasteiger partial charge >= 0.3 is 0 Å². The normalized spacial score (nSPS) is 24.2. The minimum absolute atomic E-state index is 0.193. The molecular weight excluding hydrogens is 468 g/mol. The Labute approximate surface area is 207 Å². The number of aromatic nitrogens is 4. The van der Waals surface area contributed by atoms with Gasteiger partial charge in [0, 0.05) is 25.1 Å². The Bertz CT molecular complexity index is 1230. The third-order valence-corrected chi connectivity index (χ3v) is 7.79. The van der Waals surface area contributed by atoms with Crippen LogP contribution in [0.1, 0.15) is 44.0 Å². The molecule has 0 aliphatic heterocycles. The largest absolute Gasteiger partial charge is 0.478 e. The Balaban J connectivity index is 1.57. The summed E-state index contributed by atoms with van der Waals surface area (Å²) in [5, 5.41) is 38.7. The second-order valence-corrected chi connectivity index (χ2v) is 10.5. The van der Waals surface area contributed by atoms with E-state index in [0.717, 1.165) is 22.5 Å². The molecule has 5 rings (SSSR count). The average molecular weight is 501 g/mol. The lowest BCUT2D eigenvalue weighted by molar-refractivity contribution is -0.0545. The molecule has 0 radical (unpaired) electrons. The van der Waals surface area contributed by atoms with Crippen molar-refractivity contribution in [2.75, 3.05) is 30.4 Å². The van der Waals surface area contributed by atoms with Crippen molar-refractivity contribution in [3.05, 3.63) is 17.5 Å². The van der Waals surface area contributed by atoms with Gasteiger partial charge in [-0.25, -0.2) is 15.0 Å². The highest BCUT2D eigenvalue weighted by molar-refractivity contribution is 7.21. The van der Waals surface area contributed by atoms with Crippen molar-refractivity contribution < 1.29 is 20.1 Å². The lowest BCUT2D eigenvalue weighted by Gasteiger charge is -2.31. The van der Waals surface area contributed by atoms with E-state index < -0.39 is 17.7 Å². The molecule has 0 saturated heterocycles. The summed E-state index contributed by atoms with van der Waals surface area (Å²) in [5.41, 5.74) is 1.28. The number of nitrogens with one attached hydrogen (secondary N) is 2. The molecule has 3 atom stereocenters. The van der Waals surface area contributed by atoms with E-state index in [2.05, 4.69) is 20.6 Å². The second kappa shape index (κ2) is 9.45. The van der Waals surface area contributed by atoms with Crippen molar-refractivity contribution in [3.8, 4) is 16.5 Å². The Morgan fingerprint density at radius 2 is 1.94 bits per heavy atom. The molecule has 5 N–H and O–H groups in total. The molecule has 10 nitrogen and oxygen atoms in total. The van der Waals surface area contributed by atoms with E-state index in [1.54, 1.807) is 0 Å². The van der Waals surface area contributed by atoms with Crippen molar-refractivity contribution in [3.63, 3.8) is 0 Å². The third kappa shape index (κ3) is 4.77. The van der Waals surface area contributed by atoms with Gasteiger partial charge < -0.3 is 30.7 Å². The van der Waals surface area contributed by atoms with Crippen LogP contribution in [0.2, 0.25) is 0 Å². The summed E-state index contributed by atoms with van der Waals surface area (Å²) in [7, 11) is 0. The van der Waals surface area contributed by atoms with Gasteiger partial charge in [-0.2, -0.15) is 4.98 Å². The molecule has 0 aromatic carbocycles. The SMILES string of the molecule is CCOc1cc2sc(-c3c(C)nc(NCC4CC4)nc3NC3(O)CCC(CO)C3O)nc2c(C)n1. The number of aryl methyl sites for hydroxylation is 2. The maximum atomic E-state index is 11.3. The van der Waals surface area contributed by atoms with Gasteiger partial charge in [0.15, 0.2) is 5.72 Å². The van der Waals surface area contributed by atoms with Gasteiger partial charge in [0.05, 0.1) is 28.3 Å². The molecule has 2 aliphatic rings. The monoisotopic (exact) mass is 500 g/mol. The van der Waals surface area contributed by atoms with Crippen LogP contribution >= 0.6 is 11.3 Å². The first-order chi connectivity index (χ1) is 16.8. The van der Waals surface area contributed by atoms with Crippen molar-refractivity contribution in [1.29, 1.82) is 0 Å². The standard InChI is InChI=1S/C24H32N6O4S/c1-4-34-17-9-16-19(13(3)26-17)28-22(35-16)18-12(2)27-23(25-10-14-5-6-14)29-21(18)30-24(33)8-7-15(11-31)20(24)32/h9,14-15,20,31-33H,4-8,10-11H2,1-3H3,(H2,25,27,29,30). The van der Waals surface area contributed by atoms with E-state index in [0.29, 0.717) is 52.9 Å². The number of aliphatic hydroxyl groups excluding tert-OH is 2. The average Bonchev–Trinajstić information content (AvgIpc) is 3.48. The number of thiazole rings is 1. The van der Waals surface area contributed by atoms with Gasteiger partial charge in [-0.05, 0) is 52.4 Å². The van der Waals surface area contributed by atoms with E-state index >= 15 is 0 Å². The Morgan fingerprint density at radius 1 is 1.14 bits per heavy atom. The summed E-state index contributed by atoms with van der Waals surface area (Å²) in [6.07, 6.45) is 2.06. The number of rotatable bonds is 9. The highest BCUT2D eigenvalue weighted by Crippen LogP contribution is 2.41. The van der Waals surface area contributed by atoms with Crippen LogP contribution in [0.25, 0.3) is 20.8 Å². The number of hydrogen-bond donors (Lipinski definition) is 5. The van der Waals surface area contributed by atoms with Crippen molar-refractivity contribution in [2.45, 2.75) is 58.3 Å². The zero-order chi connectivity index (χ0) is 24.7. The first-order valence-electron chi connectivity index (χ1n) is 12.1. The molecule has 0 amide bonds. The number of fused-ring (bicyclic) bond motifs is 1. The van der Waals surface area contributed by atoms with Crippen LogP contribution in [0, 0.1) is 25.7 Å². The summed E-state index contributed by atoms with van der Waals surface area (Å²) in [6.45, 7) is 6.83. The summed E-state index contributed by atoms with van der Waals surface area (Å²) in [4.78, 5) is 18.7. The van der Waals surface area contributed by atoms with E-state index in [1.165, 1.54) is 24.2 Å². The molecular formula is C24H32N6O4S. The topological polar surface area (TPSA) is 146 Å². The Kier molecular flexibility index (Phi) is 6.51. The van der Waals surface area contributed by atoms with Gasteiger partial charge in [-0.15, -0.1) is 11.3 Å². The highest BCUT2D eigenvalue weighted by Gasteiger charge is 2.47. The summed E-state index contributed by atoms with van der Waals surface area (Å²) in [6, 6.07) is 1.88. The molecule has 35 heavy (non-hydrogen) atoms. The number of anilines is 2. The second-order valence-electron chi connectivity index (χ2n) is 9.50. The predicted octanol–water partition coefficient (Wildman–Crippen LogP) is 2.85. The van der Waals surface area contributed by atoms with E-state index in [1.807, 2.05) is 26.8 Å². The number of aliphatic hydroxyl groups is 3. The molecule has 0 bridgehead atoms. The van der Waals surface area contributed by atoms with Crippen molar-refractivity contribution in [1.82, 2.24) is 19.9 Å². The van der Waals surface area contributed by atoms with E-state index in [4.69, 9.17) is 14.7 Å². The van der Waals surface area contributed by atoms with Crippen LogP contribution in [-0.4, -0.2) is 66.8 Å². The van der Waals surface area contributed by atoms with Gasteiger partial charge in [-0.3, -0.25) is 0 Å². The maximum Gasteiger partial charge on any atom is 0.224 e. The van der Waals surface area contributed by atoms with Crippen molar-refractivity contribution >= 4 is 33.3 Å². The lowest BCUT2D eigenvalue weighted by atomic mass is 10.0. The van der Waals surface area contributed by atoms with Gasteiger partial charge in [0.2, 0.25) is 11.8 Å². The molecule has 11 heteroatoms. The third-order valence-electron chi connectivity index (χ3n) is 6.77. The maximum absolute atomic E-state index is 11.3. The van der Waals surface area contributed by atoms with Gasteiger partial charge in [0.1, 0.15) is 22.4 Å². The minimum Gasteiger partial charge on any atom is -0.478 e. The minimum atomic E-state index is -1.62. The zero-order valence-electron chi connectivity index (χ0n) is 20.2. The van der Waals surface area contributed by atoms with Gasteiger partial charge in [0.25, 0.3) is 0 Å². The van der Waals surface area contributed by atoms with Crippen molar-refractivity contribution in [2.24, 2.45) is 11.8 Å². The zero-order valence-corrected chi connectivity index (χ0v) is 21.0. The molecule has 0 spiro atoms. The predicted molar refractivity (Wildman–Crippen MR) is 135 cm³/mol. The smallest absolute Gasteiger partial charge is 0.224 e. The molecule has 3 aromatic heterocycles. The van der Waals surface area contributed by atoms with Crippen LogP contribution in [0.3, 0.4) is 0 Å². The van der Waals surface area contributed by atoms with E-state index in [9.17, 15) is 15.3 Å².